The van der Waals surface area contributed by atoms with Gasteiger partial charge in [0.05, 0.1) is 12.2 Å². The normalized spacial score (nSPS) is 28.4. The zero-order chi connectivity index (χ0) is 15.8. The minimum absolute atomic E-state index is 0.0000633. The van der Waals surface area contributed by atoms with Gasteiger partial charge in [0, 0.05) is 12.1 Å². The summed E-state index contributed by atoms with van der Waals surface area (Å²) in [6.45, 7) is 9.52. The molecule has 0 aromatic heterocycles. The molecule has 21 heavy (non-hydrogen) atoms. The first-order valence-corrected chi connectivity index (χ1v) is 8.48. The predicted molar refractivity (Wildman–Crippen MR) is 87.0 cm³/mol. The maximum Gasteiger partial charge on any atom is 0.241 e. The van der Waals surface area contributed by atoms with Crippen molar-refractivity contribution in [1.82, 2.24) is 15.1 Å². The fraction of sp³-hybridized carbons (Fsp3) is 0.941. The van der Waals surface area contributed by atoms with Crippen molar-refractivity contribution < 1.29 is 4.79 Å². The Bertz CT molecular complexity index is 372. The number of hydrogen-bond donors (Lipinski definition) is 1. The van der Waals surface area contributed by atoms with Crippen molar-refractivity contribution in [2.75, 3.05) is 20.6 Å². The van der Waals surface area contributed by atoms with Crippen molar-refractivity contribution >= 4 is 5.91 Å². The second-order valence-corrected chi connectivity index (χ2v) is 8.05. The summed E-state index contributed by atoms with van der Waals surface area (Å²) < 4.78 is 0. The van der Waals surface area contributed by atoms with Gasteiger partial charge < -0.3 is 9.80 Å². The van der Waals surface area contributed by atoms with E-state index in [0.29, 0.717) is 17.7 Å². The van der Waals surface area contributed by atoms with Gasteiger partial charge in [-0.2, -0.15) is 0 Å². The number of carbonyl (C=O) groups is 1. The van der Waals surface area contributed by atoms with Gasteiger partial charge in [0.15, 0.2) is 0 Å². The van der Waals surface area contributed by atoms with Crippen molar-refractivity contribution in [3.8, 4) is 0 Å². The monoisotopic (exact) mass is 295 g/mol. The Labute approximate surface area is 130 Å². The SMILES string of the molecule is CC(C)C1NC(C2CCCC2)N(CC(C)(C)N(C)C)C1=O. The molecular weight excluding hydrogens is 262 g/mol. The third-order valence-electron chi connectivity index (χ3n) is 5.52. The summed E-state index contributed by atoms with van der Waals surface area (Å²) in [6.07, 6.45) is 5.39. The Morgan fingerprint density at radius 3 is 2.33 bits per heavy atom. The van der Waals surface area contributed by atoms with Gasteiger partial charge in [0.25, 0.3) is 0 Å². The van der Waals surface area contributed by atoms with E-state index in [9.17, 15) is 4.79 Å². The van der Waals surface area contributed by atoms with Crippen LogP contribution in [0.25, 0.3) is 0 Å². The van der Waals surface area contributed by atoms with Gasteiger partial charge in [-0.15, -0.1) is 0 Å². The molecule has 1 N–H and O–H groups in total. The second-order valence-electron chi connectivity index (χ2n) is 8.05. The third-order valence-corrected chi connectivity index (χ3v) is 5.52. The highest BCUT2D eigenvalue weighted by atomic mass is 16.2. The van der Waals surface area contributed by atoms with Gasteiger partial charge in [-0.25, -0.2) is 0 Å². The van der Waals surface area contributed by atoms with Crippen LogP contribution in [-0.4, -0.2) is 54.1 Å². The van der Waals surface area contributed by atoms with Crippen LogP contribution >= 0.6 is 0 Å². The first-order chi connectivity index (χ1) is 9.74. The molecule has 2 unspecified atom stereocenters. The number of nitrogens with one attached hydrogen (secondary N) is 1. The highest BCUT2D eigenvalue weighted by Crippen LogP contribution is 2.34. The van der Waals surface area contributed by atoms with E-state index in [4.69, 9.17) is 0 Å². The molecule has 0 spiro atoms. The lowest BCUT2D eigenvalue weighted by Gasteiger charge is -2.39. The lowest BCUT2D eigenvalue weighted by molar-refractivity contribution is -0.132. The van der Waals surface area contributed by atoms with Crippen LogP contribution in [0.3, 0.4) is 0 Å². The number of rotatable bonds is 5. The zero-order valence-electron chi connectivity index (χ0n) is 14.6. The molecule has 1 aliphatic heterocycles. The molecule has 1 amide bonds. The van der Waals surface area contributed by atoms with Gasteiger partial charge in [0.2, 0.25) is 5.91 Å². The molecule has 2 aliphatic rings. The summed E-state index contributed by atoms with van der Waals surface area (Å²) in [5, 5.41) is 3.65. The van der Waals surface area contributed by atoms with Crippen molar-refractivity contribution in [3.63, 3.8) is 0 Å². The maximum atomic E-state index is 12.9. The maximum absolute atomic E-state index is 12.9. The van der Waals surface area contributed by atoms with E-state index >= 15 is 0 Å². The van der Waals surface area contributed by atoms with Crippen LogP contribution in [-0.2, 0) is 4.79 Å². The van der Waals surface area contributed by atoms with Crippen LogP contribution in [0.4, 0.5) is 0 Å². The summed E-state index contributed by atoms with van der Waals surface area (Å²) in [6, 6.07) is -0.00596. The van der Waals surface area contributed by atoms with E-state index in [-0.39, 0.29) is 17.7 Å². The average molecular weight is 295 g/mol. The highest BCUT2D eigenvalue weighted by molar-refractivity contribution is 5.84. The van der Waals surface area contributed by atoms with E-state index in [2.05, 4.69) is 56.9 Å². The lowest BCUT2D eigenvalue weighted by Crippen LogP contribution is -2.53. The molecule has 1 saturated carbocycles. The molecule has 1 aliphatic carbocycles. The molecular formula is C17H33N3O. The topological polar surface area (TPSA) is 35.6 Å². The van der Waals surface area contributed by atoms with E-state index in [1.807, 2.05) is 0 Å². The van der Waals surface area contributed by atoms with E-state index in [0.717, 1.165) is 6.54 Å². The van der Waals surface area contributed by atoms with Gasteiger partial charge >= 0.3 is 0 Å². The van der Waals surface area contributed by atoms with Crippen LogP contribution < -0.4 is 5.32 Å². The Hall–Kier alpha value is -0.610. The summed E-state index contributed by atoms with van der Waals surface area (Å²) in [7, 11) is 4.19. The Balaban J connectivity index is 2.18. The molecule has 2 fully saturated rings. The van der Waals surface area contributed by atoms with E-state index in [1.165, 1.54) is 25.7 Å². The number of amides is 1. The number of likely N-dealkylation sites (N-methyl/N-ethyl adjacent to an activating group) is 1. The first-order valence-electron chi connectivity index (χ1n) is 8.48. The molecule has 2 atom stereocenters. The Kier molecular flexibility index (Phi) is 4.99. The van der Waals surface area contributed by atoms with Crippen LogP contribution in [0.2, 0.25) is 0 Å². The quantitative estimate of drug-likeness (QED) is 0.845. The van der Waals surface area contributed by atoms with Crippen molar-refractivity contribution in [2.45, 2.75) is 71.1 Å². The van der Waals surface area contributed by atoms with E-state index < -0.39 is 0 Å². The van der Waals surface area contributed by atoms with Crippen LogP contribution in [0.1, 0.15) is 53.4 Å². The summed E-state index contributed by atoms with van der Waals surface area (Å²) in [5.74, 6) is 1.29. The van der Waals surface area contributed by atoms with E-state index in [1.54, 1.807) is 0 Å². The molecule has 4 heteroatoms. The van der Waals surface area contributed by atoms with Crippen LogP contribution in [0.15, 0.2) is 0 Å². The summed E-state index contributed by atoms with van der Waals surface area (Å²) in [4.78, 5) is 17.2. The highest BCUT2D eigenvalue weighted by Gasteiger charge is 2.45. The molecule has 0 aromatic rings. The zero-order valence-corrected chi connectivity index (χ0v) is 14.6. The first kappa shape index (κ1) is 16.8. The van der Waals surface area contributed by atoms with Crippen molar-refractivity contribution in [1.29, 1.82) is 0 Å². The average Bonchev–Trinajstić information content (AvgIpc) is 2.98. The molecule has 2 rings (SSSR count). The predicted octanol–water partition coefficient (Wildman–Crippen LogP) is 2.30. The lowest BCUT2D eigenvalue weighted by atomic mass is 9.99. The van der Waals surface area contributed by atoms with Crippen molar-refractivity contribution in [2.24, 2.45) is 11.8 Å². The third kappa shape index (κ3) is 3.42. The molecule has 1 heterocycles. The fourth-order valence-corrected chi connectivity index (χ4v) is 3.54. The second kappa shape index (κ2) is 6.25. The molecule has 122 valence electrons. The molecule has 0 bridgehead atoms. The summed E-state index contributed by atoms with van der Waals surface area (Å²) >= 11 is 0. The van der Waals surface area contributed by atoms with Gasteiger partial charge in [-0.1, -0.05) is 26.7 Å². The fourth-order valence-electron chi connectivity index (χ4n) is 3.54. The largest absolute Gasteiger partial charge is 0.324 e. The van der Waals surface area contributed by atoms with Gasteiger partial charge in [-0.3, -0.25) is 10.1 Å². The molecule has 4 nitrogen and oxygen atoms in total. The Morgan fingerprint density at radius 1 is 1.29 bits per heavy atom. The van der Waals surface area contributed by atoms with Crippen molar-refractivity contribution in [3.05, 3.63) is 0 Å². The smallest absolute Gasteiger partial charge is 0.241 e. The number of nitrogens with zero attached hydrogens (tertiary/aromatic N) is 2. The Morgan fingerprint density at radius 2 is 1.86 bits per heavy atom. The minimum atomic E-state index is -0.00596. The van der Waals surface area contributed by atoms with Gasteiger partial charge in [0.1, 0.15) is 0 Å². The summed E-state index contributed by atoms with van der Waals surface area (Å²) in [5.41, 5.74) is 0.0000633. The molecule has 1 saturated heterocycles. The molecule has 0 radical (unpaired) electrons. The van der Waals surface area contributed by atoms with Crippen LogP contribution in [0, 0.1) is 11.8 Å². The van der Waals surface area contributed by atoms with Gasteiger partial charge in [-0.05, 0) is 52.6 Å². The standard InChI is InChI=1S/C17H33N3O/c1-12(2)14-16(21)20(11-17(3,4)19(5)6)15(18-14)13-9-7-8-10-13/h12-15,18H,7-11H2,1-6H3. The minimum Gasteiger partial charge on any atom is -0.324 e. The van der Waals surface area contributed by atoms with Crippen LogP contribution in [0.5, 0.6) is 0 Å². The number of hydrogen-bond acceptors (Lipinski definition) is 3. The number of carbonyl (C=O) groups excluding carboxylic acids is 1. The molecule has 0 aromatic carbocycles.